The van der Waals surface area contributed by atoms with Gasteiger partial charge in [0.05, 0.1) is 25.5 Å². The number of methoxy groups -OCH3 is 2. The van der Waals surface area contributed by atoms with Gasteiger partial charge in [0.15, 0.2) is 17.1 Å². The van der Waals surface area contributed by atoms with E-state index in [0.29, 0.717) is 22.4 Å². The maximum Gasteiger partial charge on any atom is 0.347 e. The Balaban J connectivity index is 1.67. The van der Waals surface area contributed by atoms with Crippen molar-refractivity contribution >= 4 is 33.9 Å². The van der Waals surface area contributed by atoms with Gasteiger partial charge in [-0.2, -0.15) is 0 Å². The molecule has 0 saturated heterocycles. The van der Waals surface area contributed by atoms with Crippen molar-refractivity contribution in [3.63, 3.8) is 0 Å². The SMILES string of the molecule is COc1cc2c3c(c1)C(C)CC(C)(C)N3C(=O)C2=CC(=O)c1cc2cccc(OC)c2oc1=O. The molecule has 2 aliphatic heterocycles. The van der Waals surface area contributed by atoms with E-state index in [-0.39, 0.29) is 28.5 Å². The monoisotopic (exact) mass is 459 g/mol. The van der Waals surface area contributed by atoms with Gasteiger partial charge in [-0.3, -0.25) is 9.59 Å². The van der Waals surface area contributed by atoms with Crippen LogP contribution in [0.1, 0.15) is 54.6 Å². The molecule has 0 N–H and O–H groups in total. The fraction of sp³-hybridized carbons (Fsp3) is 0.296. The summed E-state index contributed by atoms with van der Waals surface area (Å²) in [6.45, 7) is 6.17. The molecule has 34 heavy (non-hydrogen) atoms. The summed E-state index contributed by atoms with van der Waals surface area (Å²) in [7, 11) is 3.05. The molecule has 7 nitrogen and oxygen atoms in total. The van der Waals surface area contributed by atoms with Crippen molar-refractivity contribution in [2.24, 2.45) is 0 Å². The van der Waals surface area contributed by atoms with Crippen molar-refractivity contribution in [2.45, 2.75) is 38.6 Å². The zero-order valence-corrected chi connectivity index (χ0v) is 19.7. The molecular weight excluding hydrogens is 434 g/mol. The molecule has 2 aliphatic rings. The molecule has 3 aromatic rings. The van der Waals surface area contributed by atoms with Crippen molar-refractivity contribution in [3.05, 3.63) is 69.6 Å². The Bertz CT molecular complexity index is 1460. The average molecular weight is 459 g/mol. The van der Waals surface area contributed by atoms with Gasteiger partial charge in [0.2, 0.25) is 0 Å². The van der Waals surface area contributed by atoms with Gasteiger partial charge in [0.25, 0.3) is 5.91 Å². The van der Waals surface area contributed by atoms with Crippen molar-refractivity contribution < 1.29 is 23.5 Å². The molecule has 0 bridgehead atoms. The van der Waals surface area contributed by atoms with Gasteiger partial charge in [-0.1, -0.05) is 19.1 Å². The van der Waals surface area contributed by atoms with E-state index in [1.807, 2.05) is 19.9 Å². The van der Waals surface area contributed by atoms with E-state index >= 15 is 0 Å². The molecule has 0 aliphatic carbocycles. The van der Waals surface area contributed by atoms with E-state index < -0.39 is 16.9 Å². The van der Waals surface area contributed by atoms with Crippen LogP contribution in [0.25, 0.3) is 16.5 Å². The number of anilines is 1. The third-order valence-electron chi connectivity index (χ3n) is 6.72. The minimum Gasteiger partial charge on any atom is -0.497 e. The van der Waals surface area contributed by atoms with Gasteiger partial charge in [0, 0.05) is 16.5 Å². The number of benzene rings is 2. The Morgan fingerprint density at radius 1 is 1.15 bits per heavy atom. The highest BCUT2D eigenvalue weighted by atomic mass is 16.5. The number of hydrogen-bond acceptors (Lipinski definition) is 6. The lowest BCUT2D eigenvalue weighted by molar-refractivity contribution is -0.114. The summed E-state index contributed by atoms with van der Waals surface area (Å²) in [5.74, 6) is 0.369. The zero-order valence-electron chi connectivity index (χ0n) is 19.7. The van der Waals surface area contributed by atoms with Gasteiger partial charge in [-0.25, -0.2) is 4.79 Å². The van der Waals surface area contributed by atoms with Crippen LogP contribution in [0.15, 0.2) is 51.7 Å². The molecule has 1 aromatic heterocycles. The number of ether oxygens (including phenoxy) is 2. The minimum atomic E-state index is -0.786. The number of carbonyl (C=O) groups is 2. The first-order valence-electron chi connectivity index (χ1n) is 11.1. The maximum absolute atomic E-state index is 13.6. The third kappa shape index (κ3) is 3.15. The standard InChI is InChI=1S/C27H25NO6/c1-14-13-27(2,3)28-23-17(14)10-16(32-4)11-18(23)19(25(28)30)12-21(29)20-9-15-7-6-8-22(33-5)24(15)34-26(20)31/h6-12,14H,13H2,1-5H3. The first kappa shape index (κ1) is 21.9. The average Bonchev–Trinajstić information content (AvgIpc) is 3.08. The second-order valence-electron chi connectivity index (χ2n) is 9.42. The van der Waals surface area contributed by atoms with E-state index in [1.54, 1.807) is 36.3 Å². The highest BCUT2D eigenvalue weighted by molar-refractivity contribution is 6.36. The van der Waals surface area contributed by atoms with Crippen LogP contribution >= 0.6 is 0 Å². The number of ketones is 1. The topological polar surface area (TPSA) is 86.1 Å². The highest BCUT2D eigenvalue weighted by Crippen LogP contribution is 2.53. The highest BCUT2D eigenvalue weighted by Gasteiger charge is 2.47. The summed E-state index contributed by atoms with van der Waals surface area (Å²) in [5, 5.41) is 0.553. The Kier molecular flexibility index (Phi) is 4.90. The maximum atomic E-state index is 13.6. The molecule has 3 heterocycles. The minimum absolute atomic E-state index is 0.147. The van der Waals surface area contributed by atoms with Crippen molar-refractivity contribution in [1.29, 1.82) is 0 Å². The lowest BCUT2D eigenvalue weighted by Crippen LogP contribution is -2.49. The fourth-order valence-corrected chi connectivity index (χ4v) is 5.24. The third-order valence-corrected chi connectivity index (χ3v) is 6.72. The molecule has 0 fully saturated rings. The van der Waals surface area contributed by atoms with E-state index in [4.69, 9.17) is 13.9 Å². The molecule has 1 unspecified atom stereocenters. The second kappa shape index (κ2) is 7.58. The lowest BCUT2D eigenvalue weighted by Gasteiger charge is -2.43. The van der Waals surface area contributed by atoms with E-state index in [2.05, 4.69) is 6.92 Å². The van der Waals surface area contributed by atoms with Crippen molar-refractivity contribution in [3.8, 4) is 11.5 Å². The number of fused-ring (bicyclic) bond motifs is 1. The summed E-state index contributed by atoms with van der Waals surface area (Å²) in [6, 6.07) is 10.4. The first-order chi connectivity index (χ1) is 16.2. The number of rotatable bonds is 4. The summed E-state index contributed by atoms with van der Waals surface area (Å²) < 4.78 is 16.1. The predicted molar refractivity (Wildman–Crippen MR) is 129 cm³/mol. The van der Waals surface area contributed by atoms with Crippen LogP contribution in [-0.2, 0) is 4.79 Å². The van der Waals surface area contributed by atoms with Crippen LogP contribution in [0, 0.1) is 0 Å². The fourth-order valence-electron chi connectivity index (χ4n) is 5.24. The predicted octanol–water partition coefficient (Wildman–Crippen LogP) is 4.71. The Morgan fingerprint density at radius 3 is 2.62 bits per heavy atom. The van der Waals surface area contributed by atoms with E-state index in [0.717, 1.165) is 17.7 Å². The molecule has 5 rings (SSSR count). The van der Waals surface area contributed by atoms with Crippen molar-refractivity contribution in [2.75, 3.05) is 19.1 Å². The van der Waals surface area contributed by atoms with E-state index in [9.17, 15) is 14.4 Å². The van der Waals surface area contributed by atoms with Crippen molar-refractivity contribution in [1.82, 2.24) is 0 Å². The summed E-state index contributed by atoms with van der Waals surface area (Å²) >= 11 is 0. The number of hydrogen-bond donors (Lipinski definition) is 0. The molecular formula is C27H25NO6. The molecule has 0 saturated carbocycles. The molecule has 174 valence electrons. The van der Waals surface area contributed by atoms with E-state index in [1.165, 1.54) is 19.3 Å². The summed E-state index contributed by atoms with van der Waals surface area (Å²) in [4.78, 5) is 41.3. The molecule has 1 amide bonds. The summed E-state index contributed by atoms with van der Waals surface area (Å²) in [6.07, 6.45) is 2.02. The smallest absolute Gasteiger partial charge is 0.347 e. The molecule has 7 heteroatoms. The Hall–Kier alpha value is -3.87. The number of amides is 1. The number of nitrogens with zero attached hydrogens (tertiary/aromatic N) is 1. The molecule has 1 atom stereocenters. The van der Waals surface area contributed by atoms with Gasteiger partial charge in [-0.15, -0.1) is 0 Å². The molecule has 2 aromatic carbocycles. The number of para-hydroxylation sites is 1. The normalized spacial score (nSPS) is 19.4. The van der Waals surface area contributed by atoms with Crippen LogP contribution in [0.4, 0.5) is 5.69 Å². The van der Waals surface area contributed by atoms with Crippen LogP contribution in [0.3, 0.4) is 0 Å². The summed E-state index contributed by atoms with van der Waals surface area (Å²) in [5.41, 5.74) is 1.61. The number of allylic oxidation sites excluding steroid dienone is 1. The van der Waals surface area contributed by atoms with Crippen LogP contribution in [0.2, 0.25) is 0 Å². The van der Waals surface area contributed by atoms with Crippen LogP contribution < -0.4 is 20.0 Å². The molecule has 0 spiro atoms. The largest absolute Gasteiger partial charge is 0.497 e. The van der Waals surface area contributed by atoms with Crippen LogP contribution in [-0.4, -0.2) is 31.4 Å². The Morgan fingerprint density at radius 2 is 1.91 bits per heavy atom. The first-order valence-corrected chi connectivity index (χ1v) is 11.1. The molecule has 0 radical (unpaired) electrons. The van der Waals surface area contributed by atoms with Crippen LogP contribution in [0.5, 0.6) is 11.5 Å². The second-order valence-corrected chi connectivity index (χ2v) is 9.42. The zero-order chi connectivity index (χ0) is 24.4. The Labute approximate surface area is 196 Å². The van der Waals surface area contributed by atoms with Gasteiger partial charge in [0.1, 0.15) is 11.3 Å². The van der Waals surface area contributed by atoms with Gasteiger partial charge < -0.3 is 18.8 Å². The van der Waals surface area contributed by atoms with Gasteiger partial charge >= 0.3 is 5.63 Å². The quantitative estimate of drug-likeness (QED) is 0.319. The number of carbonyl (C=O) groups excluding carboxylic acids is 2. The lowest BCUT2D eigenvalue weighted by atomic mass is 9.80. The van der Waals surface area contributed by atoms with Gasteiger partial charge in [-0.05, 0) is 62.1 Å².